The van der Waals surface area contributed by atoms with Crippen LogP contribution in [0.3, 0.4) is 0 Å². The molecule has 0 saturated heterocycles. The number of hydrogen-bond acceptors (Lipinski definition) is 5. The Bertz CT molecular complexity index is 1160. The Morgan fingerprint density at radius 2 is 1.93 bits per heavy atom. The SMILES string of the molecule is O=C(O)c1cnc(-c2c(Cl)cccc2Cl)n1Cc1cc(-c2ccc(Cl)s2)on1. The Hall–Kier alpha value is -2.32. The van der Waals surface area contributed by atoms with Crippen molar-refractivity contribution < 1.29 is 14.4 Å². The van der Waals surface area contributed by atoms with E-state index >= 15 is 0 Å². The number of aromatic carboxylic acids is 1. The standard InChI is InChI=1S/C18H10Cl3N3O3S/c19-10-2-1-3-11(20)16(10)17-22-7-12(18(25)26)24(17)8-9-6-13(27-23-9)14-4-5-15(21)28-14/h1-7H,8H2,(H,25,26). The summed E-state index contributed by atoms with van der Waals surface area (Å²) in [4.78, 5) is 16.7. The minimum Gasteiger partial charge on any atom is -0.477 e. The van der Waals surface area contributed by atoms with E-state index < -0.39 is 5.97 Å². The van der Waals surface area contributed by atoms with Crippen LogP contribution in [-0.4, -0.2) is 25.8 Å². The van der Waals surface area contributed by atoms with E-state index in [0.29, 0.717) is 37.2 Å². The van der Waals surface area contributed by atoms with Crippen LogP contribution in [-0.2, 0) is 6.54 Å². The summed E-state index contributed by atoms with van der Waals surface area (Å²) in [7, 11) is 0. The number of carboxylic acid groups (broad SMARTS) is 1. The fourth-order valence-corrected chi connectivity index (χ4v) is 4.29. The lowest BCUT2D eigenvalue weighted by molar-refractivity contribution is 0.0685. The summed E-state index contributed by atoms with van der Waals surface area (Å²) in [5.74, 6) is -0.256. The number of rotatable bonds is 5. The zero-order valence-corrected chi connectivity index (χ0v) is 17.0. The highest BCUT2D eigenvalue weighted by Crippen LogP contribution is 2.35. The van der Waals surface area contributed by atoms with Crippen molar-refractivity contribution in [3.63, 3.8) is 0 Å². The monoisotopic (exact) mass is 453 g/mol. The number of thiophene rings is 1. The minimum absolute atomic E-state index is 0.0188. The van der Waals surface area contributed by atoms with Crippen LogP contribution in [0, 0.1) is 0 Å². The zero-order chi connectivity index (χ0) is 19.8. The molecule has 4 aromatic rings. The van der Waals surface area contributed by atoms with E-state index in [1.807, 2.05) is 6.07 Å². The molecule has 1 N–H and O–H groups in total. The van der Waals surface area contributed by atoms with Gasteiger partial charge >= 0.3 is 5.97 Å². The van der Waals surface area contributed by atoms with Gasteiger partial charge in [-0.05, 0) is 24.3 Å². The molecule has 0 aliphatic carbocycles. The fourth-order valence-electron chi connectivity index (χ4n) is 2.73. The predicted octanol–water partition coefficient (Wildman–Crippen LogP) is 5.97. The summed E-state index contributed by atoms with van der Waals surface area (Å²) < 4.78 is 7.49. The third-order valence-electron chi connectivity index (χ3n) is 3.96. The summed E-state index contributed by atoms with van der Waals surface area (Å²) in [6, 6.07) is 10.3. The van der Waals surface area contributed by atoms with E-state index in [0.717, 1.165) is 4.88 Å². The van der Waals surface area contributed by atoms with Crippen LogP contribution in [0.15, 0.2) is 47.1 Å². The van der Waals surface area contributed by atoms with Crippen LogP contribution in [0.4, 0.5) is 0 Å². The van der Waals surface area contributed by atoms with E-state index in [1.54, 1.807) is 30.3 Å². The zero-order valence-electron chi connectivity index (χ0n) is 13.9. The van der Waals surface area contributed by atoms with Crippen molar-refractivity contribution in [3.05, 3.63) is 68.4 Å². The number of halogens is 3. The highest BCUT2D eigenvalue weighted by molar-refractivity contribution is 7.19. The Morgan fingerprint density at radius 3 is 2.57 bits per heavy atom. The normalized spacial score (nSPS) is 11.1. The molecule has 0 bridgehead atoms. The van der Waals surface area contributed by atoms with Crippen LogP contribution in [0.2, 0.25) is 14.4 Å². The molecule has 0 amide bonds. The number of aromatic nitrogens is 3. The number of hydrogen-bond donors (Lipinski definition) is 1. The summed E-state index contributed by atoms with van der Waals surface area (Å²) in [6.07, 6.45) is 1.26. The predicted molar refractivity (Wildman–Crippen MR) is 109 cm³/mol. The first-order valence-electron chi connectivity index (χ1n) is 7.88. The van der Waals surface area contributed by atoms with E-state index in [-0.39, 0.29) is 12.2 Å². The van der Waals surface area contributed by atoms with E-state index in [4.69, 9.17) is 39.3 Å². The number of benzene rings is 1. The van der Waals surface area contributed by atoms with Crippen LogP contribution >= 0.6 is 46.1 Å². The third kappa shape index (κ3) is 3.54. The maximum Gasteiger partial charge on any atom is 0.354 e. The van der Waals surface area contributed by atoms with Crippen molar-refractivity contribution in [2.75, 3.05) is 0 Å². The van der Waals surface area contributed by atoms with Gasteiger partial charge < -0.3 is 14.2 Å². The average molecular weight is 455 g/mol. The molecule has 0 aliphatic rings. The summed E-state index contributed by atoms with van der Waals surface area (Å²) >= 11 is 19.9. The van der Waals surface area contributed by atoms with Crippen LogP contribution in [0.25, 0.3) is 22.0 Å². The highest BCUT2D eigenvalue weighted by Gasteiger charge is 2.22. The van der Waals surface area contributed by atoms with Crippen molar-refractivity contribution in [2.45, 2.75) is 6.54 Å². The molecule has 3 heterocycles. The fraction of sp³-hybridized carbons (Fsp3) is 0.0556. The first-order valence-corrected chi connectivity index (χ1v) is 9.83. The van der Waals surface area contributed by atoms with E-state index in [9.17, 15) is 9.90 Å². The highest BCUT2D eigenvalue weighted by atomic mass is 35.5. The second kappa shape index (κ2) is 7.60. The van der Waals surface area contributed by atoms with Crippen molar-refractivity contribution in [1.29, 1.82) is 0 Å². The average Bonchev–Trinajstić information content (AvgIpc) is 3.36. The van der Waals surface area contributed by atoms with Gasteiger partial charge in [-0.3, -0.25) is 0 Å². The van der Waals surface area contributed by atoms with Gasteiger partial charge in [0.05, 0.1) is 37.6 Å². The molecule has 0 saturated carbocycles. The third-order valence-corrected chi connectivity index (χ3v) is 5.83. The molecular formula is C18H10Cl3N3O3S. The molecule has 0 atom stereocenters. The number of carboxylic acids is 1. The van der Waals surface area contributed by atoms with Gasteiger partial charge in [0.1, 0.15) is 17.2 Å². The van der Waals surface area contributed by atoms with Gasteiger partial charge in [-0.25, -0.2) is 9.78 Å². The summed E-state index contributed by atoms with van der Waals surface area (Å²) in [6.45, 7) is 0.112. The van der Waals surface area contributed by atoms with Crippen LogP contribution in [0.5, 0.6) is 0 Å². The van der Waals surface area contributed by atoms with Crippen molar-refractivity contribution >= 4 is 52.1 Å². The molecule has 0 unspecified atom stereocenters. The second-order valence-corrected chi connectivity index (χ2v) is 8.27. The molecule has 6 nitrogen and oxygen atoms in total. The van der Waals surface area contributed by atoms with Gasteiger partial charge in [-0.2, -0.15) is 0 Å². The quantitative estimate of drug-likeness (QED) is 0.401. The molecule has 28 heavy (non-hydrogen) atoms. The lowest BCUT2D eigenvalue weighted by Gasteiger charge is -2.11. The summed E-state index contributed by atoms with van der Waals surface area (Å²) in [5.41, 5.74) is 0.950. The maximum atomic E-state index is 11.7. The van der Waals surface area contributed by atoms with Crippen LogP contribution in [0.1, 0.15) is 16.2 Å². The van der Waals surface area contributed by atoms with Crippen molar-refractivity contribution in [1.82, 2.24) is 14.7 Å². The van der Waals surface area contributed by atoms with Gasteiger partial charge in [0.2, 0.25) is 0 Å². The van der Waals surface area contributed by atoms with E-state index in [2.05, 4.69) is 10.1 Å². The largest absolute Gasteiger partial charge is 0.477 e. The molecular weight excluding hydrogens is 445 g/mol. The lowest BCUT2D eigenvalue weighted by Crippen LogP contribution is -2.11. The number of carbonyl (C=O) groups is 1. The number of nitrogens with zero attached hydrogens (tertiary/aromatic N) is 3. The Kier molecular flexibility index (Phi) is 5.16. The Morgan fingerprint density at radius 1 is 1.18 bits per heavy atom. The lowest BCUT2D eigenvalue weighted by atomic mass is 10.2. The first kappa shape index (κ1) is 19.0. The second-order valence-electron chi connectivity index (χ2n) is 5.74. The topological polar surface area (TPSA) is 81.1 Å². The van der Waals surface area contributed by atoms with E-state index in [1.165, 1.54) is 22.1 Å². The molecule has 0 fully saturated rings. The Balaban J connectivity index is 1.76. The van der Waals surface area contributed by atoms with Gasteiger partial charge in [0, 0.05) is 6.07 Å². The Labute approximate surface area is 177 Å². The van der Waals surface area contributed by atoms with Gasteiger partial charge in [0.25, 0.3) is 0 Å². The molecule has 10 heteroatoms. The van der Waals surface area contributed by atoms with Crippen molar-refractivity contribution in [3.8, 4) is 22.0 Å². The summed E-state index contributed by atoms with van der Waals surface area (Å²) in [5, 5.41) is 14.3. The molecule has 0 radical (unpaired) electrons. The molecule has 0 spiro atoms. The molecule has 1 aromatic carbocycles. The van der Waals surface area contributed by atoms with Crippen molar-refractivity contribution in [2.24, 2.45) is 0 Å². The van der Waals surface area contributed by atoms with Gasteiger partial charge in [-0.1, -0.05) is 46.0 Å². The molecule has 142 valence electrons. The molecule has 0 aliphatic heterocycles. The molecule has 4 rings (SSSR count). The first-order chi connectivity index (χ1) is 13.4. The van der Waals surface area contributed by atoms with Gasteiger partial charge in [-0.15, -0.1) is 11.3 Å². The minimum atomic E-state index is -1.13. The van der Waals surface area contributed by atoms with Gasteiger partial charge in [0.15, 0.2) is 5.76 Å². The smallest absolute Gasteiger partial charge is 0.354 e. The maximum absolute atomic E-state index is 11.7. The number of imidazole rings is 1. The molecule has 3 aromatic heterocycles. The van der Waals surface area contributed by atoms with Crippen LogP contribution < -0.4 is 0 Å².